The lowest BCUT2D eigenvalue weighted by Crippen LogP contribution is -2.61. The molecule has 3 aliphatic rings. The SMILES string of the molecule is C.CC(C)(C)C(NC(=O)NC(CS(=O)C(C)(C)C)C1CCCCC1)C(=O)N1CCCC1C(=O)NC(CC1CCC1)C(=O)C(N)=O. The molecule has 1 heterocycles. The van der Waals surface area contributed by atoms with Gasteiger partial charge in [0, 0.05) is 33.9 Å². The zero-order valence-corrected chi connectivity index (χ0v) is 28.4. The van der Waals surface area contributed by atoms with E-state index in [0.29, 0.717) is 31.6 Å². The topological polar surface area (TPSA) is 168 Å². The Kier molecular flexibility index (Phi) is 14.1. The second-order valence-electron chi connectivity index (χ2n) is 15.1. The standard InChI is InChI=1S/C32H55N5O6S.CH4/c1-31(2,3)26(36-30(42)35-23(19-44(43)32(4,5)6)21-14-8-7-9-15-21)29(41)37-17-11-16-24(37)28(40)34-22(25(38)27(33)39)18-20-12-10-13-20;/h20-24,26H,7-19H2,1-6H3,(H2,33,39)(H,34,40)(H2,35,36,42);1H4. The van der Waals surface area contributed by atoms with Crippen LogP contribution in [0.25, 0.3) is 0 Å². The average Bonchev–Trinajstić information content (AvgIpc) is 3.41. The molecule has 2 saturated carbocycles. The summed E-state index contributed by atoms with van der Waals surface area (Å²) >= 11 is 0. The summed E-state index contributed by atoms with van der Waals surface area (Å²) < 4.78 is 12.7. The van der Waals surface area contributed by atoms with Crippen molar-refractivity contribution < 1.29 is 28.2 Å². The summed E-state index contributed by atoms with van der Waals surface area (Å²) in [5.41, 5.74) is 4.59. The minimum absolute atomic E-state index is 0. The van der Waals surface area contributed by atoms with Crippen LogP contribution in [-0.2, 0) is 30.0 Å². The minimum Gasteiger partial charge on any atom is -0.363 e. The number of Topliss-reactive ketones (excluding diaryl/α,β-unsaturated/α-hetero) is 1. The first kappa shape index (κ1) is 38.7. The summed E-state index contributed by atoms with van der Waals surface area (Å²) in [6, 6.07) is -3.56. The normalized spacial score (nSPS) is 22.2. The van der Waals surface area contributed by atoms with Gasteiger partial charge in [-0.3, -0.25) is 23.4 Å². The molecule has 0 aromatic heterocycles. The second-order valence-corrected chi connectivity index (χ2v) is 17.3. The Morgan fingerprint density at radius 3 is 1.98 bits per heavy atom. The van der Waals surface area contributed by atoms with Gasteiger partial charge in [-0.05, 0) is 70.1 Å². The highest BCUT2D eigenvalue weighted by molar-refractivity contribution is 7.86. The van der Waals surface area contributed by atoms with Crippen LogP contribution in [0.15, 0.2) is 0 Å². The molecular weight excluding hydrogens is 594 g/mol. The van der Waals surface area contributed by atoms with Crippen LogP contribution in [0.5, 0.6) is 0 Å². The molecule has 5 atom stereocenters. The third-order valence-electron chi connectivity index (χ3n) is 9.45. The lowest BCUT2D eigenvalue weighted by Gasteiger charge is -2.37. The van der Waals surface area contributed by atoms with Gasteiger partial charge in [-0.2, -0.15) is 0 Å². The third-order valence-corrected chi connectivity index (χ3v) is 11.5. The highest BCUT2D eigenvalue weighted by Crippen LogP contribution is 2.32. The van der Waals surface area contributed by atoms with Crippen molar-refractivity contribution in [2.75, 3.05) is 12.3 Å². The number of likely N-dealkylation sites (tertiary alicyclic amines) is 1. The number of carbonyl (C=O) groups excluding carboxylic acids is 5. The van der Waals surface area contributed by atoms with Crippen molar-refractivity contribution in [3.63, 3.8) is 0 Å². The summed E-state index contributed by atoms with van der Waals surface area (Å²) in [5, 5.41) is 8.70. The molecule has 258 valence electrons. The minimum atomic E-state index is -1.16. The fraction of sp³-hybridized carbons (Fsp3) is 0.848. The molecule has 0 aromatic rings. The van der Waals surface area contributed by atoms with Crippen LogP contribution in [0, 0.1) is 17.3 Å². The van der Waals surface area contributed by atoms with Crippen LogP contribution >= 0.6 is 0 Å². The molecular formula is C33H59N5O6S. The second kappa shape index (κ2) is 16.4. The van der Waals surface area contributed by atoms with Crippen LogP contribution in [0.4, 0.5) is 4.79 Å². The number of amides is 5. The molecule has 5 N–H and O–H groups in total. The molecule has 1 aliphatic heterocycles. The average molecular weight is 654 g/mol. The van der Waals surface area contributed by atoms with Crippen LogP contribution in [-0.4, -0.2) is 79.9 Å². The number of urea groups is 1. The Hall–Kier alpha value is -2.50. The van der Waals surface area contributed by atoms with Crippen LogP contribution in [0.1, 0.15) is 120 Å². The highest BCUT2D eigenvalue weighted by atomic mass is 32.2. The van der Waals surface area contributed by atoms with Gasteiger partial charge in [0.05, 0.1) is 6.04 Å². The summed E-state index contributed by atoms with van der Waals surface area (Å²) in [5.74, 6) is -1.98. The van der Waals surface area contributed by atoms with E-state index in [2.05, 4.69) is 16.0 Å². The maximum Gasteiger partial charge on any atom is 0.315 e. The number of nitrogens with one attached hydrogen (secondary N) is 3. The molecule has 11 nitrogen and oxygen atoms in total. The van der Waals surface area contributed by atoms with Gasteiger partial charge in [0.2, 0.25) is 17.6 Å². The van der Waals surface area contributed by atoms with Crippen molar-refractivity contribution in [2.24, 2.45) is 23.0 Å². The van der Waals surface area contributed by atoms with Gasteiger partial charge in [-0.25, -0.2) is 4.79 Å². The quantitative estimate of drug-likeness (QED) is 0.235. The molecule has 0 spiro atoms. The lowest BCUT2D eigenvalue weighted by atomic mass is 9.80. The van der Waals surface area contributed by atoms with E-state index in [0.717, 1.165) is 51.4 Å². The van der Waals surface area contributed by atoms with E-state index >= 15 is 0 Å². The predicted octanol–water partition coefficient (Wildman–Crippen LogP) is 3.55. The molecule has 5 amide bonds. The molecule has 12 heteroatoms. The van der Waals surface area contributed by atoms with E-state index in [1.807, 2.05) is 41.5 Å². The van der Waals surface area contributed by atoms with Gasteiger partial charge in [-0.15, -0.1) is 0 Å². The Bertz CT molecular complexity index is 1090. The monoisotopic (exact) mass is 653 g/mol. The van der Waals surface area contributed by atoms with Crippen molar-refractivity contribution >= 4 is 40.3 Å². The van der Waals surface area contributed by atoms with E-state index in [1.165, 1.54) is 4.90 Å². The Balaban J connectivity index is 0.00000705. The molecule has 3 rings (SSSR count). The first-order chi connectivity index (χ1) is 20.5. The largest absolute Gasteiger partial charge is 0.363 e. The third kappa shape index (κ3) is 10.8. The van der Waals surface area contributed by atoms with Crippen molar-refractivity contribution in [2.45, 2.75) is 149 Å². The maximum atomic E-state index is 14.0. The van der Waals surface area contributed by atoms with E-state index in [9.17, 15) is 28.2 Å². The molecule has 1 saturated heterocycles. The molecule has 45 heavy (non-hydrogen) atoms. The molecule has 0 bridgehead atoms. The fourth-order valence-corrected chi connectivity index (χ4v) is 7.62. The lowest BCUT2D eigenvalue weighted by molar-refractivity contribution is -0.143. The number of hydrogen-bond donors (Lipinski definition) is 4. The zero-order valence-electron chi connectivity index (χ0n) is 27.5. The van der Waals surface area contributed by atoms with E-state index in [1.54, 1.807) is 0 Å². The molecule has 5 unspecified atom stereocenters. The Morgan fingerprint density at radius 2 is 1.47 bits per heavy atom. The van der Waals surface area contributed by atoms with E-state index < -0.39 is 62.7 Å². The molecule has 0 aromatic carbocycles. The first-order valence-corrected chi connectivity index (χ1v) is 17.7. The van der Waals surface area contributed by atoms with Gasteiger partial charge in [-0.1, -0.05) is 66.7 Å². The van der Waals surface area contributed by atoms with Crippen molar-refractivity contribution in [1.82, 2.24) is 20.9 Å². The number of carbonyl (C=O) groups is 5. The zero-order chi connectivity index (χ0) is 32.8. The summed E-state index contributed by atoms with van der Waals surface area (Å²) in [4.78, 5) is 66.6. The van der Waals surface area contributed by atoms with E-state index in [4.69, 9.17) is 5.73 Å². The highest BCUT2D eigenvalue weighted by Gasteiger charge is 2.43. The Labute approximate surface area is 272 Å². The van der Waals surface area contributed by atoms with Gasteiger partial charge in [0.1, 0.15) is 12.1 Å². The van der Waals surface area contributed by atoms with Gasteiger partial charge < -0.3 is 26.6 Å². The molecule has 2 aliphatic carbocycles. The molecule has 3 fully saturated rings. The van der Waals surface area contributed by atoms with Gasteiger partial charge >= 0.3 is 6.03 Å². The number of nitrogens with zero attached hydrogens (tertiary/aromatic N) is 1. The molecule has 0 radical (unpaired) electrons. The summed E-state index contributed by atoms with van der Waals surface area (Å²) in [6.07, 6.45) is 9.46. The number of hydrogen-bond acceptors (Lipinski definition) is 6. The number of ketones is 1. The van der Waals surface area contributed by atoms with Crippen molar-refractivity contribution in [3.8, 4) is 0 Å². The number of primary amides is 1. The van der Waals surface area contributed by atoms with Crippen molar-refractivity contribution in [3.05, 3.63) is 0 Å². The summed E-state index contributed by atoms with van der Waals surface area (Å²) in [7, 11) is -1.16. The fourth-order valence-electron chi connectivity index (χ4n) is 6.44. The van der Waals surface area contributed by atoms with Gasteiger partial charge in [0.25, 0.3) is 5.91 Å². The number of nitrogens with two attached hydrogens (primary N) is 1. The van der Waals surface area contributed by atoms with Crippen LogP contribution in [0.3, 0.4) is 0 Å². The van der Waals surface area contributed by atoms with Crippen molar-refractivity contribution in [1.29, 1.82) is 0 Å². The van der Waals surface area contributed by atoms with Gasteiger partial charge in [0.15, 0.2) is 0 Å². The maximum absolute atomic E-state index is 14.0. The Morgan fingerprint density at radius 1 is 0.844 bits per heavy atom. The van der Waals surface area contributed by atoms with Crippen LogP contribution < -0.4 is 21.7 Å². The van der Waals surface area contributed by atoms with E-state index in [-0.39, 0.29) is 31.2 Å². The predicted molar refractivity (Wildman–Crippen MR) is 178 cm³/mol. The summed E-state index contributed by atoms with van der Waals surface area (Å²) in [6.45, 7) is 11.7. The smallest absolute Gasteiger partial charge is 0.315 e. The first-order valence-electron chi connectivity index (χ1n) is 16.4. The number of rotatable bonds is 12. The van der Waals surface area contributed by atoms with Crippen LogP contribution in [0.2, 0.25) is 0 Å².